The first kappa shape index (κ1) is 19.5. The van der Waals surface area contributed by atoms with Crippen LogP contribution in [0.5, 0.6) is 17.2 Å². The van der Waals surface area contributed by atoms with E-state index in [1.54, 1.807) is 21.3 Å². The van der Waals surface area contributed by atoms with Gasteiger partial charge in [0.05, 0.1) is 32.7 Å². The Kier molecular flexibility index (Phi) is 5.66. The van der Waals surface area contributed by atoms with Crippen molar-refractivity contribution in [1.82, 2.24) is 4.98 Å². The van der Waals surface area contributed by atoms with Crippen LogP contribution in [0.3, 0.4) is 0 Å². The molecule has 0 amide bonds. The smallest absolute Gasteiger partial charge is 0.118 e. The number of benzene rings is 3. The van der Waals surface area contributed by atoms with Crippen molar-refractivity contribution in [2.45, 2.75) is 0 Å². The molecule has 0 spiro atoms. The van der Waals surface area contributed by atoms with E-state index in [1.165, 1.54) is 0 Å². The molecule has 0 aliphatic rings. The van der Waals surface area contributed by atoms with Gasteiger partial charge in [-0.15, -0.1) is 0 Å². The minimum atomic E-state index is 0.820. The lowest BCUT2D eigenvalue weighted by atomic mass is 10.00. The van der Waals surface area contributed by atoms with Crippen LogP contribution in [0, 0.1) is 0 Å². The van der Waals surface area contributed by atoms with Crippen LogP contribution >= 0.6 is 0 Å². The molecule has 150 valence electrons. The molecule has 0 bridgehead atoms. The molecule has 0 radical (unpaired) electrons. The van der Waals surface area contributed by atoms with E-state index in [0.29, 0.717) is 0 Å². The first-order valence-corrected chi connectivity index (χ1v) is 9.65. The zero-order chi connectivity index (χ0) is 20.9. The fraction of sp³-hybridized carbons (Fsp3) is 0.115. The molecule has 4 aromatic rings. The van der Waals surface area contributed by atoms with Crippen molar-refractivity contribution in [3.05, 3.63) is 84.9 Å². The average molecular weight is 397 g/mol. The summed E-state index contributed by atoms with van der Waals surface area (Å²) in [5.41, 5.74) is 6.04. The van der Waals surface area contributed by atoms with Gasteiger partial charge in [0, 0.05) is 11.1 Å². The Balaban J connectivity index is 1.83. The van der Waals surface area contributed by atoms with Gasteiger partial charge in [0.15, 0.2) is 0 Å². The van der Waals surface area contributed by atoms with E-state index in [9.17, 15) is 0 Å². The summed E-state index contributed by atoms with van der Waals surface area (Å²) >= 11 is 0. The van der Waals surface area contributed by atoms with Crippen LogP contribution in [0.15, 0.2) is 84.9 Å². The third kappa shape index (κ3) is 4.13. The lowest BCUT2D eigenvalue weighted by Crippen LogP contribution is -1.92. The predicted molar refractivity (Wildman–Crippen MR) is 120 cm³/mol. The Morgan fingerprint density at radius 3 is 1.10 bits per heavy atom. The molecule has 4 rings (SSSR count). The second-order valence-electron chi connectivity index (χ2n) is 6.81. The predicted octanol–water partition coefficient (Wildman–Crippen LogP) is 6.11. The quantitative estimate of drug-likeness (QED) is 0.394. The molecular formula is C26H23NO3. The maximum absolute atomic E-state index is 5.30. The SMILES string of the molecule is COc1ccc(-c2cc(-c3ccc(OC)cc3)nc(-c3ccc(OC)cc3)c2)cc1. The molecule has 4 nitrogen and oxygen atoms in total. The number of hydrogen-bond donors (Lipinski definition) is 0. The van der Waals surface area contributed by atoms with Gasteiger partial charge in [0.25, 0.3) is 0 Å². The molecule has 30 heavy (non-hydrogen) atoms. The number of hydrogen-bond acceptors (Lipinski definition) is 4. The molecule has 0 aliphatic heterocycles. The Hall–Kier alpha value is -3.79. The summed E-state index contributed by atoms with van der Waals surface area (Å²) in [6.45, 7) is 0. The number of ether oxygens (including phenoxy) is 3. The van der Waals surface area contributed by atoms with Gasteiger partial charge in [0.2, 0.25) is 0 Å². The first-order chi connectivity index (χ1) is 14.7. The molecule has 0 atom stereocenters. The van der Waals surface area contributed by atoms with E-state index < -0.39 is 0 Å². The number of aromatic nitrogens is 1. The molecule has 1 aromatic heterocycles. The fourth-order valence-electron chi connectivity index (χ4n) is 3.30. The normalized spacial score (nSPS) is 10.5. The number of nitrogens with zero attached hydrogens (tertiary/aromatic N) is 1. The minimum absolute atomic E-state index is 0.820. The zero-order valence-corrected chi connectivity index (χ0v) is 17.3. The van der Waals surface area contributed by atoms with Crippen molar-refractivity contribution in [3.63, 3.8) is 0 Å². The highest BCUT2D eigenvalue weighted by Crippen LogP contribution is 2.32. The molecule has 0 saturated carbocycles. The Morgan fingerprint density at radius 1 is 0.433 bits per heavy atom. The van der Waals surface area contributed by atoms with E-state index in [1.807, 2.05) is 60.7 Å². The van der Waals surface area contributed by atoms with Crippen molar-refractivity contribution in [1.29, 1.82) is 0 Å². The highest BCUT2D eigenvalue weighted by molar-refractivity contribution is 5.77. The summed E-state index contributed by atoms with van der Waals surface area (Å²) in [6, 6.07) is 28.2. The molecule has 4 heteroatoms. The van der Waals surface area contributed by atoms with Crippen molar-refractivity contribution >= 4 is 0 Å². The van der Waals surface area contributed by atoms with Crippen LogP contribution < -0.4 is 14.2 Å². The molecule has 0 unspecified atom stereocenters. The van der Waals surface area contributed by atoms with E-state index in [4.69, 9.17) is 19.2 Å². The summed E-state index contributed by atoms with van der Waals surface area (Å²) in [5.74, 6) is 2.47. The third-order valence-corrected chi connectivity index (χ3v) is 5.02. The summed E-state index contributed by atoms with van der Waals surface area (Å²) in [4.78, 5) is 4.94. The zero-order valence-electron chi connectivity index (χ0n) is 17.3. The molecule has 0 N–H and O–H groups in total. The van der Waals surface area contributed by atoms with Gasteiger partial charge in [-0.3, -0.25) is 0 Å². The summed E-state index contributed by atoms with van der Waals surface area (Å²) in [5, 5.41) is 0. The van der Waals surface area contributed by atoms with Crippen molar-refractivity contribution < 1.29 is 14.2 Å². The van der Waals surface area contributed by atoms with Gasteiger partial charge < -0.3 is 14.2 Å². The van der Waals surface area contributed by atoms with E-state index in [2.05, 4.69) is 24.3 Å². The minimum Gasteiger partial charge on any atom is -0.497 e. The monoisotopic (exact) mass is 397 g/mol. The van der Waals surface area contributed by atoms with Gasteiger partial charge in [0.1, 0.15) is 17.2 Å². The molecule has 0 aliphatic carbocycles. The second kappa shape index (κ2) is 8.70. The highest BCUT2D eigenvalue weighted by atomic mass is 16.5. The average Bonchev–Trinajstić information content (AvgIpc) is 2.84. The van der Waals surface area contributed by atoms with Crippen LogP contribution in [0.25, 0.3) is 33.6 Å². The Bertz CT molecular complexity index is 960. The van der Waals surface area contributed by atoms with Crippen LogP contribution in [0.4, 0.5) is 0 Å². The number of methoxy groups -OCH3 is 3. The van der Waals surface area contributed by atoms with Gasteiger partial charge in [-0.25, -0.2) is 4.98 Å². The van der Waals surface area contributed by atoms with Crippen molar-refractivity contribution in [2.24, 2.45) is 0 Å². The largest absolute Gasteiger partial charge is 0.497 e. The van der Waals surface area contributed by atoms with Crippen LogP contribution in [-0.4, -0.2) is 26.3 Å². The van der Waals surface area contributed by atoms with Crippen LogP contribution in [0.1, 0.15) is 0 Å². The maximum Gasteiger partial charge on any atom is 0.118 e. The third-order valence-electron chi connectivity index (χ3n) is 5.02. The second-order valence-corrected chi connectivity index (χ2v) is 6.81. The highest BCUT2D eigenvalue weighted by Gasteiger charge is 2.10. The summed E-state index contributed by atoms with van der Waals surface area (Å²) in [7, 11) is 5.00. The van der Waals surface area contributed by atoms with Gasteiger partial charge >= 0.3 is 0 Å². The number of pyridine rings is 1. The van der Waals surface area contributed by atoms with Crippen molar-refractivity contribution in [2.75, 3.05) is 21.3 Å². The lowest BCUT2D eigenvalue weighted by molar-refractivity contribution is 0.415. The maximum atomic E-state index is 5.30. The Morgan fingerprint density at radius 2 is 0.767 bits per heavy atom. The van der Waals surface area contributed by atoms with E-state index in [0.717, 1.165) is 50.9 Å². The molecular weight excluding hydrogens is 374 g/mol. The Labute approximate surface area is 176 Å². The van der Waals surface area contributed by atoms with Crippen LogP contribution in [0.2, 0.25) is 0 Å². The molecule has 1 heterocycles. The van der Waals surface area contributed by atoms with E-state index in [-0.39, 0.29) is 0 Å². The number of rotatable bonds is 6. The lowest BCUT2D eigenvalue weighted by Gasteiger charge is -2.11. The van der Waals surface area contributed by atoms with Gasteiger partial charge in [-0.05, 0) is 83.9 Å². The first-order valence-electron chi connectivity index (χ1n) is 9.65. The van der Waals surface area contributed by atoms with Gasteiger partial charge in [-0.1, -0.05) is 12.1 Å². The fourth-order valence-corrected chi connectivity index (χ4v) is 3.30. The topological polar surface area (TPSA) is 40.6 Å². The molecule has 0 fully saturated rings. The van der Waals surface area contributed by atoms with Crippen LogP contribution in [-0.2, 0) is 0 Å². The standard InChI is InChI=1S/C26H23NO3/c1-28-22-10-4-18(5-11-22)21-16-25(19-6-12-23(29-2)13-7-19)27-26(17-21)20-8-14-24(30-3)15-9-20/h4-17H,1-3H3. The summed E-state index contributed by atoms with van der Waals surface area (Å²) in [6.07, 6.45) is 0. The molecule has 0 saturated heterocycles. The molecule has 3 aromatic carbocycles. The van der Waals surface area contributed by atoms with E-state index >= 15 is 0 Å². The summed E-state index contributed by atoms with van der Waals surface area (Å²) < 4.78 is 15.9. The van der Waals surface area contributed by atoms with Crippen molar-refractivity contribution in [3.8, 4) is 50.9 Å². The van der Waals surface area contributed by atoms with Gasteiger partial charge in [-0.2, -0.15) is 0 Å².